The van der Waals surface area contributed by atoms with Crippen LogP contribution in [0.25, 0.3) is 0 Å². The first-order valence-electron chi connectivity index (χ1n) is 9.28. The summed E-state index contributed by atoms with van der Waals surface area (Å²) in [4.78, 5) is 27.1. The van der Waals surface area contributed by atoms with Gasteiger partial charge in [0.2, 0.25) is 0 Å². The van der Waals surface area contributed by atoms with Crippen LogP contribution in [0.15, 0.2) is 18.2 Å². The molecule has 1 aromatic rings. The molecule has 2 unspecified atom stereocenters. The number of urea groups is 1. The molecule has 0 bridgehead atoms. The molecule has 1 saturated heterocycles. The van der Waals surface area contributed by atoms with Gasteiger partial charge in [0.1, 0.15) is 6.04 Å². The second-order valence-electron chi connectivity index (χ2n) is 7.24. The van der Waals surface area contributed by atoms with Crippen molar-refractivity contribution in [3.05, 3.63) is 29.3 Å². The van der Waals surface area contributed by atoms with E-state index in [9.17, 15) is 9.59 Å². The SMILES string of the molecule is CCCOC(=O)C1CSC(CC(C)C)N1C(=O)Nc1ccc(C)c(C)c1. The topological polar surface area (TPSA) is 58.6 Å². The lowest BCUT2D eigenvalue weighted by molar-refractivity contribution is -0.147. The predicted molar refractivity (Wildman–Crippen MR) is 108 cm³/mol. The van der Waals surface area contributed by atoms with Gasteiger partial charge in [-0.1, -0.05) is 26.8 Å². The number of benzene rings is 1. The van der Waals surface area contributed by atoms with Crippen LogP contribution >= 0.6 is 11.8 Å². The molecule has 1 aliphatic rings. The molecule has 2 amide bonds. The molecule has 0 aliphatic carbocycles. The molecule has 0 aromatic heterocycles. The van der Waals surface area contributed by atoms with Gasteiger partial charge in [-0.3, -0.25) is 4.90 Å². The number of esters is 1. The molecule has 1 N–H and O–H groups in total. The Kier molecular flexibility index (Phi) is 7.38. The largest absolute Gasteiger partial charge is 0.464 e. The lowest BCUT2D eigenvalue weighted by Crippen LogP contribution is -2.48. The van der Waals surface area contributed by atoms with Gasteiger partial charge in [0.05, 0.1) is 12.0 Å². The molecule has 0 saturated carbocycles. The van der Waals surface area contributed by atoms with E-state index in [1.165, 1.54) is 5.56 Å². The van der Waals surface area contributed by atoms with Gasteiger partial charge in [-0.15, -0.1) is 11.8 Å². The minimum Gasteiger partial charge on any atom is -0.464 e. The number of anilines is 1. The number of hydrogen-bond acceptors (Lipinski definition) is 4. The number of rotatable bonds is 6. The van der Waals surface area contributed by atoms with Crippen molar-refractivity contribution in [2.75, 3.05) is 17.7 Å². The first-order chi connectivity index (χ1) is 12.3. The maximum Gasteiger partial charge on any atom is 0.329 e. The Hall–Kier alpha value is -1.69. The Labute approximate surface area is 160 Å². The average Bonchev–Trinajstić information content (AvgIpc) is 2.99. The number of nitrogens with one attached hydrogen (secondary N) is 1. The summed E-state index contributed by atoms with van der Waals surface area (Å²) in [6.07, 6.45) is 1.62. The first kappa shape index (κ1) is 20.6. The van der Waals surface area contributed by atoms with Gasteiger partial charge in [-0.05, 0) is 55.9 Å². The molecule has 1 heterocycles. The molecule has 0 radical (unpaired) electrons. The minimum absolute atomic E-state index is 0.0132. The van der Waals surface area contributed by atoms with E-state index in [1.807, 2.05) is 39.0 Å². The summed E-state index contributed by atoms with van der Waals surface area (Å²) in [6, 6.07) is 5.08. The highest BCUT2D eigenvalue weighted by Gasteiger charge is 2.42. The number of ether oxygens (including phenoxy) is 1. The highest BCUT2D eigenvalue weighted by atomic mass is 32.2. The summed E-state index contributed by atoms with van der Waals surface area (Å²) in [7, 11) is 0. The van der Waals surface area contributed by atoms with Crippen LogP contribution in [-0.4, -0.2) is 40.7 Å². The van der Waals surface area contributed by atoms with Crippen LogP contribution in [0.1, 0.15) is 44.7 Å². The summed E-state index contributed by atoms with van der Waals surface area (Å²) in [5, 5.41) is 2.95. The number of amides is 2. The first-order valence-corrected chi connectivity index (χ1v) is 10.3. The molecular formula is C20H30N2O3S. The van der Waals surface area contributed by atoms with Crippen LogP contribution in [0, 0.1) is 19.8 Å². The van der Waals surface area contributed by atoms with Crippen LogP contribution in [0.2, 0.25) is 0 Å². The van der Waals surface area contributed by atoms with Crippen molar-refractivity contribution in [2.45, 2.75) is 58.9 Å². The molecule has 0 spiro atoms. The van der Waals surface area contributed by atoms with Crippen molar-refractivity contribution < 1.29 is 14.3 Å². The van der Waals surface area contributed by atoms with Gasteiger partial charge in [-0.25, -0.2) is 9.59 Å². The molecule has 6 heteroatoms. The van der Waals surface area contributed by atoms with E-state index in [-0.39, 0.29) is 17.4 Å². The standard InChI is InChI=1S/C20H30N2O3S/c1-6-9-25-19(23)17-12-26-18(10-13(2)3)22(17)20(24)21-16-8-7-14(4)15(5)11-16/h7-8,11,13,17-18H,6,9-10,12H2,1-5H3,(H,21,24). The normalized spacial score (nSPS) is 19.7. The molecule has 2 rings (SSSR count). The number of carbonyl (C=O) groups is 2. The molecule has 1 fully saturated rings. The Morgan fingerprint density at radius 3 is 2.65 bits per heavy atom. The van der Waals surface area contributed by atoms with Gasteiger partial charge in [-0.2, -0.15) is 0 Å². The molecule has 2 atom stereocenters. The maximum absolute atomic E-state index is 13.0. The summed E-state index contributed by atoms with van der Waals surface area (Å²) in [5.41, 5.74) is 3.05. The Balaban J connectivity index is 2.17. The van der Waals surface area contributed by atoms with Crippen molar-refractivity contribution >= 4 is 29.4 Å². The van der Waals surface area contributed by atoms with E-state index in [1.54, 1.807) is 16.7 Å². The molecular weight excluding hydrogens is 348 g/mol. The Bertz CT molecular complexity index is 648. The van der Waals surface area contributed by atoms with Gasteiger partial charge in [0.25, 0.3) is 0 Å². The molecule has 26 heavy (non-hydrogen) atoms. The molecule has 5 nitrogen and oxygen atoms in total. The number of carbonyl (C=O) groups excluding carboxylic acids is 2. The second kappa shape index (κ2) is 9.31. The van der Waals surface area contributed by atoms with E-state index >= 15 is 0 Å². The Morgan fingerprint density at radius 1 is 1.31 bits per heavy atom. The zero-order chi connectivity index (χ0) is 19.3. The summed E-state index contributed by atoms with van der Waals surface area (Å²) in [5.74, 6) is 0.718. The van der Waals surface area contributed by atoms with Crippen LogP contribution in [-0.2, 0) is 9.53 Å². The number of thioether (sulfide) groups is 1. The molecule has 1 aromatic carbocycles. The summed E-state index contributed by atoms with van der Waals surface area (Å²) < 4.78 is 5.32. The summed E-state index contributed by atoms with van der Waals surface area (Å²) in [6.45, 7) is 10.7. The van der Waals surface area contributed by atoms with Gasteiger partial charge in [0, 0.05) is 11.4 Å². The zero-order valence-electron chi connectivity index (χ0n) is 16.4. The van der Waals surface area contributed by atoms with Gasteiger partial charge >= 0.3 is 12.0 Å². The quantitative estimate of drug-likeness (QED) is 0.736. The van der Waals surface area contributed by atoms with Gasteiger partial charge in [0.15, 0.2) is 0 Å². The smallest absolute Gasteiger partial charge is 0.329 e. The lowest BCUT2D eigenvalue weighted by atomic mass is 10.1. The van der Waals surface area contributed by atoms with Crippen LogP contribution in [0.5, 0.6) is 0 Å². The fraction of sp³-hybridized carbons (Fsp3) is 0.600. The lowest BCUT2D eigenvalue weighted by Gasteiger charge is -2.29. The number of nitrogens with zero attached hydrogens (tertiary/aromatic N) is 1. The number of aryl methyl sites for hydroxylation is 2. The van der Waals surface area contributed by atoms with Crippen molar-refractivity contribution in [3.63, 3.8) is 0 Å². The third kappa shape index (κ3) is 5.16. The Morgan fingerprint density at radius 2 is 2.04 bits per heavy atom. The minimum atomic E-state index is -0.526. The van der Waals surface area contributed by atoms with E-state index in [2.05, 4.69) is 19.2 Å². The third-order valence-electron chi connectivity index (χ3n) is 4.48. The molecule has 144 valence electrons. The second-order valence-corrected chi connectivity index (χ2v) is 8.45. The third-order valence-corrected chi connectivity index (χ3v) is 5.79. The van der Waals surface area contributed by atoms with Crippen LogP contribution in [0.4, 0.5) is 10.5 Å². The highest BCUT2D eigenvalue weighted by Crippen LogP contribution is 2.34. The highest BCUT2D eigenvalue weighted by molar-refractivity contribution is 8.00. The fourth-order valence-corrected chi connectivity index (χ4v) is 4.53. The zero-order valence-corrected chi connectivity index (χ0v) is 17.2. The monoisotopic (exact) mass is 378 g/mol. The van der Waals surface area contributed by atoms with Crippen molar-refractivity contribution in [3.8, 4) is 0 Å². The fourth-order valence-electron chi connectivity index (χ4n) is 2.91. The van der Waals surface area contributed by atoms with Gasteiger partial charge < -0.3 is 10.1 Å². The van der Waals surface area contributed by atoms with E-state index in [0.29, 0.717) is 18.3 Å². The molecule has 1 aliphatic heterocycles. The average molecular weight is 379 g/mol. The van der Waals surface area contributed by atoms with Crippen molar-refractivity contribution in [1.29, 1.82) is 0 Å². The van der Waals surface area contributed by atoms with Crippen LogP contribution in [0.3, 0.4) is 0 Å². The summed E-state index contributed by atoms with van der Waals surface area (Å²) >= 11 is 1.66. The predicted octanol–water partition coefficient (Wildman–Crippen LogP) is 4.58. The van der Waals surface area contributed by atoms with E-state index in [4.69, 9.17) is 4.74 Å². The van der Waals surface area contributed by atoms with E-state index < -0.39 is 6.04 Å². The number of hydrogen-bond donors (Lipinski definition) is 1. The van der Waals surface area contributed by atoms with E-state index in [0.717, 1.165) is 24.1 Å². The van der Waals surface area contributed by atoms with Crippen LogP contribution < -0.4 is 5.32 Å². The van der Waals surface area contributed by atoms with Crippen molar-refractivity contribution in [1.82, 2.24) is 4.90 Å². The maximum atomic E-state index is 13.0. The van der Waals surface area contributed by atoms with Crippen molar-refractivity contribution in [2.24, 2.45) is 5.92 Å².